The van der Waals surface area contributed by atoms with Crippen LogP contribution in [0.3, 0.4) is 0 Å². The molecule has 0 atom stereocenters. The van der Waals surface area contributed by atoms with Gasteiger partial charge in [-0.3, -0.25) is 0 Å². The van der Waals surface area contributed by atoms with E-state index in [4.69, 9.17) is 37.4 Å². The van der Waals surface area contributed by atoms with Crippen LogP contribution in [0.15, 0.2) is 79.0 Å². The van der Waals surface area contributed by atoms with E-state index in [1.165, 1.54) is 12.3 Å². The second kappa shape index (κ2) is 11.5. The van der Waals surface area contributed by atoms with Crippen molar-refractivity contribution in [3.63, 3.8) is 0 Å². The highest BCUT2D eigenvalue weighted by Crippen LogP contribution is 2.37. The molecule has 1 aromatic heterocycles. The summed E-state index contributed by atoms with van der Waals surface area (Å²) in [4.78, 5) is 8.27. The van der Waals surface area contributed by atoms with Gasteiger partial charge in [-0.1, -0.05) is 65.7 Å². The van der Waals surface area contributed by atoms with E-state index in [0.717, 1.165) is 23.3 Å². The Hall–Kier alpha value is -3.49. The maximum atomic E-state index is 13.0. The van der Waals surface area contributed by atoms with Crippen LogP contribution >= 0.6 is 23.2 Å². The predicted molar refractivity (Wildman–Crippen MR) is 130 cm³/mol. The summed E-state index contributed by atoms with van der Waals surface area (Å²) in [7, 11) is 0. The van der Waals surface area contributed by atoms with E-state index in [9.17, 15) is 13.2 Å². The fourth-order valence-electron chi connectivity index (χ4n) is 3.14. The number of nitrogens with zero attached hydrogens (tertiary/aromatic N) is 2. The fourth-order valence-corrected chi connectivity index (χ4v) is 3.51. The molecule has 4 aromatic rings. The van der Waals surface area contributed by atoms with Gasteiger partial charge in [-0.05, 0) is 41.5 Å². The molecular formula is C26H19Cl2F3N2O3. The molecule has 0 aliphatic rings. The second-order valence-corrected chi connectivity index (χ2v) is 8.38. The lowest BCUT2D eigenvalue weighted by Crippen LogP contribution is -2.06. The molecule has 0 spiro atoms. The summed E-state index contributed by atoms with van der Waals surface area (Å²) in [5.41, 5.74) is 0.940. The largest absolute Gasteiger partial charge is 0.476 e. The summed E-state index contributed by atoms with van der Waals surface area (Å²) >= 11 is 11.8. The van der Waals surface area contributed by atoms with Gasteiger partial charge in [0.25, 0.3) is 0 Å². The predicted octanol–water partition coefficient (Wildman–Crippen LogP) is 7.80. The van der Waals surface area contributed by atoms with Gasteiger partial charge >= 0.3 is 12.2 Å². The maximum absolute atomic E-state index is 13.0. The minimum absolute atomic E-state index is 0.0338. The quantitative estimate of drug-likeness (QED) is 0.219. The van der Waals surface area contributed by atoms with E-state index < -0.39 is 11.7 Å². The smallest absolute Gasteiger partial charge is 0.417 e. The molecule has 36 heavy (non-hydrogen) atoms. The van der Waals surface area contributed by atoms with Crippen LogP contribution in [-0.4, -0.2) is 16.6 Å². The van der Waals surface area contributed by atoms with Gasteiger partial charge < -0.3 is 14.2 Å². The summed E-state index contributed by atoms with van der Waals surface area (Å²) in [6.45, 7) is 0.588. The molecule has 0 amide bonds. The molecule has 10 heteroatoms. The number of halogens is 5. The number of aromatic nitrogens is 2. The van der Waals surface area contributed by atoms with Gasteiger partial charge in [0.1, 0.15) is 23.1 Å². The van der Waals surface area contributed by atoms with Crippen LogP contribution in [0.25, 0.3) is 0 Å². The van der Waals surface area contributed by atoms with Crippen molar-refractivity contribution in [1.82, 2.24) is 9.97 Å². The van der Waals surface area contributed by atoms with Gasteiger partial charge in [0.2, 0.25) is 5.88 Å². The average Bonchev–Trinajstić information content (AvgIpc) is 2.86. The third-order valence-corrected chi connectivity index (χ3v) is 5.52. The number of ether oxygens (including phenoxy) is 3. The monoisotopic (exact) mass is 534 g/mol. The Kier molecular flexibility index (Phi) is 8.18. The fraction of sp³-hybridized carbons (Fsp3) is 0.154. The van der Waals surface area contributed by atoms with Crippen molar-refractivity contribution < 1.29 is 27.4 Å². The molecule has 0 aliphatic carbocycles. The first kappa shape index (κ1) is 25.6. The zero-order valence-electron chi connectivity index (χ0n) is 18.6. The highest BCUT2D eigenvalue weighted by atomic mass is 35.5. The normalized spacial score (nSPS) is 11.2. The summed E-state index contributed by atoms with van der Waals surface area (Å²) in [5.74, 6) is 0.624. The van der Waals surface area contributed by atoms with E-state index in [0.29, 0.717) is 18.8 Å². The van der Waals surface area contributed by atoms with Crippen molar-refractivity contribution in [2.24, 2.45) is 0 Å². The summed E-state index contributed by atoms with van der Waals surface area (Å²) in [5, 5.41) is -0.129. The standard InChI is InChI=1S/C26H19Cl2F3N2O3/c27-22-11-10-20(14-21(22)26(29,30)31)36-19-8-6-17(7-9-19)12-13-34-24-23(28)15-32-25(33-24)35-16-18-4-2-1-3-5-18/h1-11,14-15H,12-13,16H2. The number of alkyl halides is 3. The molecule has 3 aromatic carbocycles. The third kappa shape index (κ3) is 7.02. The molecule has 1 heterocycles. The van der Waals surface area contributed by atoms with Crippen LogP contribution in [0, 0.1) is 0 Å². The Bertz CT molecular complexity index is 1300. The molecule has 0 fully saturated rings. The van der Waals surface area contributed by atoms with Crippen LogP contribution in [-0.2, 0) is 19.2 Å². The topological polar surface area (TPSA) is 53.5 Å². The Morgan fingerprint density at radius 1 is 0.778 bits per heavy atom. The minimum atomic E-state index is -4.57. The van der Waals surface area contributed by atoms with Gasteiger partial charge in [0.05, 0.1) is 23.4 Å². The SMILES string of the molecule is FC(F)(F)c1cc(Oc2ccc(CCOc3nc(OCc4ccccc4)ncc3Cl)cc2)ccc1Cl. The van der Waals surface area contributed by atoms with Crippen LogP contribution in [0.4, 0.5) is 13.2 Å². The van der Waals surface area contributed by atoms with E-state index >= 15 is 0 Å². The van der Waals surface area contributed by atoms with Crippen LogP contribution in [0.5, 0.6) is 23.4 Å². The molecule has 0 saturated heterocycles. The lowest BCUT2D eigenvalue weighted by molar-refractivity contribution is -0.137. The highest BCUT2D eigenvalue weighted by Gasteiger charge is 2.33. The Morgan fingerprint density at radius 3 is 2.22 bits per heavy atom. The van der Waals surface area contributed by atoms with Gasteiger partial charge in [0, 0.05) is 6.42 Å². The lowest BCUT2D eigenvalue weighted by Gasteiger charge is -2.12. The molecule has 186 valence electrons. The van der Waals surface area contributed by atoms with Crippen LogP contribution in [0.2, 0.25) is 10.0 Å². The van der Waals surface area contributed by atoms with Crippen molar-refractivity contribution in [3.8, 4) is 23.4 Å². The molecule has 0 bridgehead atoms. The molecule has 4 rings (SSSR count). The van der Waals surface area contributed by atoms with Crippen molar-refractivity contribution in [2.75, 3.05) is 6.61 Å². The van der Waals surface area contributed by atoms with E-state index in [2.05, 4.69) is 9.97 Å². The van der Waals surface area contributed by atoms with E-state index in [1.54, 1.807) is 24.3 Å². The Labute approximate surface area is 215 Å². The van der Waals surface area contributed by atoms with Gasteiger partial charge in [0.15, 0.2) is 0 Å². The first-order chi connectivity index (χ1) is 17.3. The lowest BCUT2D eigenvalue weighted by atomic mass is 10.1. The average molecular weight is 535 g/mol. The van der Waals surface area contributed by atoms with Gasteiger partial charge in [-0.2, -0.15) is 18.2 Å². The van der Waals surface area contributed by atoms with Crippen molar-refractivity contribution >= 4 is 23.2 Å². The Balaban J connectivity index is 1.31. The first-order valence-electron chi connectivity index (χ1n) is 10.7. The van der Waals surface area contributed by atoms with E-state index in [-0.39, 0.29) is 34.3 Å². The van der Waals surface area contributed by atoms with Gasteiger partial charge in [-0.15, -0.1) is 0 Å². The summed E-state index contributed by atoms with van der Waals surface area (Å²) in [6, 6.07) is 20.0. The van der Waals surface area contributed by atoms with Crippen LogP contribution in [0.1, 0.15) is 16.7 Å². The maximum Gasteiger partial charge on any atom is 0.417 e. The molecular weight excluding hydrogens is 516 g/mol. The van der Waals surface area contributed by atoms with E-state index in [1.807, 2.05) is 30.3 Å². The zero-order valence-corrected chi connectivity index (χ0v) is 20.1. The second-order valence-electron chi connectivity index (χ2n) is 7.56. The number of rotatable bonds is 9. The van der Waals surface area contributed by atoms with Crippen molar-refractivity contribution in [1.29, 1.82) is 0 Å². The third-order valence-electron chi connectivity index (χ3n) is 4.93. The minimum Gasteiger partial charge on any atom is -0.476 e. The molecule has 0 aliphatic heterocycles. The molecule has 0 unspecified atom stereocenters. The summed E-state index contributed by atoms with van der Waals surface area (Å²) in [6.07, 6.45) is -2.63. The molecule has 0 radical (unpaired) electrons. The van der Waals surface area contributed by atoms with Gasteiger partial charge in [-0.25, -0.2) is 4.98 Å². The molecule has 0 N–H and O–H groups in total. The number of hydrogen-bond acceptors (Lipinski definition) is 5. The van der Waals surface area contributed by atoms with Crippen molar-refractivity contribution in [3.05, 3.63) is 106 Å². The zero-order chi connectivity index (χ0) is 25.5. The number of hydrogen-bond donors (Lipinski definition) is 0. The summed E-state index contributed by atoms with van der Waals surface area (Å²) < 4.78 is 56.0. The molecule has 0 saturated carbocycles. The number of benzene rings is 3. The van der Waals surface area contributed by atoms with Crippen LogP contribution < -0.4 is 14.2 Å². The Morgan fingerprint density at radius 2 is 1.50 bits per heavy atom. The van der Waals surface area contributed by atoms with Crippen molar-refractivity contribution in [2.45, 2.75) is 19.2 Å². The molecule has 5 nitrogen and oxygen atoms in total. The first-order valence-corrected chi connectivity index (χ1v) is 11.5. The highest BCUT2D eigenvalue weighted by molar-refractivity contribution is 6.31.